The molecule has 1 amide bonds. The van der Waals surface area contributed by atoms with Gasteiger partial charge >= 0.3 is 6.18 Å². The highest BCUT2D eigenvalue weighted by molar-refractivity contribution is 7.16. The molecule has 12 heteroatoms. The highest BCUT2D eigenvalue weighted by atomic mass is 35.5. The fourth-order valence-electron chi connectivity index (χ4n) is 5.33. The second-order valence-electron chi connectivity index (χ2n) is 11.1. The number of hydrogen-bond acceptors (Lipinski definition) is 5. The van der Waals surface area contributed by atoms with Crippen LogP contribution in [0, 0.1) is 22.7 Å². The summed E-state index contributed by atoms with van der Waals surface area (Å²) in [5, 5.41) is 20.6. The average Bonchev–Trinajstić information content (AvgIpc) is 3.44. The number of amides is 1. The molecule has 1 aliphatic heterocycles. The van der Waals surface area contributed by atoms with Crippen molar-refractivity contribution in [2.45, 2.75) is 64.7 Å². The van der Waals surface area contributed by atoms with Gasteiger partial charge in [0.1, 0.15) is 16.9 Å². The Morgan fingerprint density at radius 3 is 2.62 bits per heavy atom. The van der Waals surface area contributed by atoms with Crippen molar-refractivity contribution in [2.24, 2.45) is 11.3 Å². The highest BCUT2D eigenvalue weighted by Gasteiger charge is 2.47. The quantitative estimate of drug-likeness (QED) is 0.320. The van der Waals surface area contributed by atoms with Crippen molar-refractivity contribution < 1.29 is 18.0 Å². The van der Waals surface area contributed by atoms with Gasteiger partial charge in [0, 0.05) is 17.4 Å². The molecule has 0 unspecified atom stereocenters. The zero-order valence-electron chi connectivity index (χ0n) is 21.4. The van der Waals surface area contributed by atoms with Crippen LogP contribution in [0.15, 0.2) is 24.3 Å². The number of nitrogens with one attached hydrogen (secondary N) is 2. The molecule has 2 N–H and O–H groups in total. The van der Waals surface area contributed by atoms with Crippen LogP contribution in [0.1, 0.15) is 77.8 Å². The van der Waals surface area contributed by atoms with Crippen molar-refractivity contribution in [1.29, 1.82) is 5.26 Å². The number of alkyl halides is 3. The molecule has 0 saturated carbocycles. The summed E-state index contributed by atoms with van der Waals surface area (Å²) < 4.78 is 43.1. The third-order valence-electron chi connectivity index (χ3n) is 7.60. The van der Waals surface area contributed by atoms with Crippen LogP contribution in [0.3, 0.4) is 0 Å². The molecule has 0 bridgehead atoms. The first-order chi connectivity index (χ1) is 18.3. The molecular formula is C27H26Cl2F3N5OS. The number of carbonyl (C=O) groups excluding carboxylic acids is 1. The Hall–Kier alpha value is -2.74. The minimum Gasteiger partial charge on any atom is -0.363 e. The number of carbonyl (C=O) groups is 1. The van der Waals surface area contributed by atoms with E-state index in [1.807, 2.05) is 0 Å². The van der Waals surface area contributed by atoms with E-state index < -0.39 is 24.2 Å². The topological polar surface area (TPSA) is 82.7 Å². The molecule has 3 heterocycles. The van der Waals surface area contributed by atoms with Crippen molar-refractivity contribution in [1.82, 2.24) is 9.78 Å². The van der Waals surface area contributed by atoms with E-state index in [0.29, 0.717) is 27.1 Å². The van der Waals surface area contributed by atoms with Gasteiger partial charge in [0.25, 0.3) is 5.91 Å². The first kappa shape index (κ1) is 27.8. The number of rotatable bonds is 3. The van der Waals surface area contributed by atoms with Crippen molar-refractivity contribution in [2.75, 3.05) is 10.6 Å². The van der Waals surface area contributed by atoms with Gasteiger partial charge in [0.15, 0.2) is 11.7 Å². The normalized spacial score (nSPS) is 20.9. The lowest BCUT2D eigenvalue weighted by Crippen LogP contribution is -2.35. The molecule has 39 heavy (non-hydrogen) atoms. The second kappa shape index (κ2) is 10.0. The third kappa shape index (κ3) is 5.37. The Balaban J connectivity index is 1.43. The van der Waals surface area contributed by atoms with Gasteiger partial charge in [-0.25, -0.2) is 4.68 Å². The predicted octanol–water partition coefficient (Wildman–Crippen LogP) is 8.19. The zero-order chi connectivity index (χ0) is 28.3. The van der Waals surface area contributed by atoms with Crippen LogP contribution in [0.5, 0.6) is 0 Å². The standard InChI is InChI=1S/C27H26Cl2F3N5OS/c1-26(2,3)14-5-6-15-16(12-33)25(39-21(15)9-14)35-24(38)20-11-23-34-19(13-4-7-17(28)18(29)8-13)10-22(27(30,31)32)37(23)36-20/h4,7-8,11,14,19,22,34H,5-6,9-10H2,1-3H3,(H,35,38)/t14-,19+,22-/m0/s1. The van der Waals surface area contributed by atoms with E-state index in [4.69, 9.17) is 23.2 Å². The summed E-state index contributed by atoms with van der Waals surface area (Å²) in [4.78, 5) is 14.3. The monoisotopic (exact) mass is 595 g/mol. The number of halogens is 5. The van der Waals surface area contributed by atoms with E-state index in [0.717, 1.165) is 34.4 Å². The summed E-state index contributed by atoms with van der Waals surface area (Å²) in [5.74, 6) is -0.163. The summed E-state index contributed by atoms with van der Waals surface area (Å²) in [7, 11) is 0. The molecule has 0 fully saturated rings. The number of aromatic nitrogens is 2. The van der Waals surface area contributed by atoms with Crippen LogP contribution in [0.2, 0.25) is 10.0 Å². The van der Waals surface area contributed by atoms with Gasteiger partial charge in [-0.2, -0.15) is 23.5 Å². The number of fused-ring (bicyclic) bond motifs is 2. The fourth-order valence-corrected chi connectivity index (χ4v) is 6.91. The van der Waals surface area contributed by atoms with Crippen molar-refractivity contribution in [3.63, 3.8) is 0 Å². The highest BCUT2D eigenvalue weighted by Crippen LogP contribution is 2.46. The van der Waals surface area contributed by atoms with E-state index >= 15 is 0 Å². The molecule has 0 saturated heterocycles. The van der Waals surface area contributed by atoms with E-state index in [1.165, 1.54) is 29.5 Å². The van der Waals surface area contributed by atoms with Crippen LogP contribution >= 0.6 is 34.5 Å². The molecular weight excluding hydrogens is 570 g/mol. The molecule has 3 aromatic rings. The molecule has 6 nitrogen and oxygen atoms in total. The Labute approximate surface area is 238 Å². The van der Waals surface area contributed by atoms with Crippen LogP contribution in [0.25, 0.3) is 0 Å². The van der Waals surface area contributed by atoms with Gasteiger partial charge in [-0.3, -0.25) is 4.79 Å². The van der Waals surface area contributed by atoms with E-state index in [9.17, 15) is 23.2 Å². The van der Waals surface area contributed by atoms with Gasteiger partial charge in [0.05, 0.1) is 21.7 Å². The molecule has 2 aliphatic rings. The smallest absolute Gasteiger partial charge is 0.363 e. The summed E-state index contributed by atoms with van der Waals surface area (Å²) >= 11 is 13.4. The molecule has 206 valence electrons. The first-order valence-electron chi connectivity index (χ1n) is 12.5. The van der Waals surface area contributed by atoms with Gasteiger partial charge in [0.2, 0.25) is 0 Å². The average molecular weight is 597 g/mol. The minimum absolute atomic E-state index is 0.0591. The second-order valence-corrected chi connectivity index (χ2v) is 13.0. The van der Waals surface area contributed by atoms with Gasteiger partial charge < -0.3 is 10.6 Å². The van der Waals surface area contributed by atoms with Crippen molar-refractivity contribution >= 4 is 51.3 Å². The molecule has 0 radical (unpaired) electrons. The van der Waals surface area contributed by atoms with Crippen LogP contribution in [-0.2, 0) is 12.8 Å². The Morgan fingerprint density at radius 2 is 1.97 bits per heavy atom. The summed E-state index contributed by atoms with van der Waals surface area (Å²) in [6.45, 7) is 6.58. The Kier molecular flexibility index (Phi) is 7.15. The summed E-state index contributed by atoms with van der Waals surface area (Å²) in [5.41, 5.74) is 1.85. The molecule has 0 spiro atoms. The number of anilines is 2. The SMILES string of the molecule is CC(C)(C)[C@H]1CCc2c(sc(NC(=O)c3cc4n(n3)[C@H](C(F)(F)F)C[C@H](c3ccc(Cl)c(Cl)c3)N4)c2C#N)C1. The Morgan fingerprint density at radius 1 is 1.23 bits per heavy atom. The molecule has 1 aliphatic carbocycles. The van der Waals surface area contributed by atoms with Crippen LogP contribution in [0.4, 0.5) is 24.0 Å². The largest absolute Gasteiger partial charge is 0.410 e. The van der Waals surface area contributed by atoms with Gasteiger partial charge in [-0.15, -0.1) is 11.3 Å². The van der Waals surface area contributed by atoms with Gasteiger partial charge in [-0.05, 0) is 53.9 Å². The number of nitrogens with zero attached hydrogens (tertiary/aromatic N) is 3. The number of nitriles is 1. The van der Waals surface area contributed by atoms with Crippen LogP contribution < -0.4 is 10.6 Å². The zero-order valence-corrected chi connectivity index (χ0v) is 23.7. The summed E-state index contributed by atoms with van der Waals surface area (Å²) in [6, 6.07) is 5.51. The van der Waals surface area contributed by atoms with Gasteiger partial charge in [-0.1, -0.05) is 50.0 Å². The van der Waals surface area contributed by atoms with E-state index in [1.54, 1.807) is 6.07 Å². The summed E-state index contributed by atoms with van der Waals surface area (Å²) in [6.07, 6.45) is -2.43. The molecule has 5 rings (SSSR count). The lowest BCUT2D eigenvalue weighted by molar-refractivity contribution is -0.173. The van der Waals surface area contributed by atoms with E-state index in [2.05, 4.69) is 42.6 Å². The maximum absolute atomic E-state index is 14.1. The van der Waals surface area contributed by atoms with Crippen LogP contribution in [-0.4, -0.2) is 21.9 Å². The van der Waals surface area contributed by atoms with Crippen molar-refractivity contribution in [3.05, 3.63) is 61.6 Å². The third-order valence-corrected chi connectivity index (χ3v) is 9.51. The molecule has 1 aromatic carbocycles. The maximum atomic E-state index is 14.1. The van der Waals surface area contributed by atoms with Crippen molar-refractivity contribution in [3.8, 4) is 6.07 Å². The Bertz CT molecular complexity index is 1480. The number of benzene rings is 1. The maximum Gasteiger partial charge on any atom is 0.410 e. The minimum atomic E-state index is -4.60. The lowest BCUT2D eigenvalue weighted by atomic mass is 9.72. The number of thiophene rings is 1. The lowest BCUT2D eigenvalue weighted by Gasteiger charge is -2.33. The molecule has 2 aromatic heterocycles. The molecule has 3 atom stereocenters. The number of hydrogen-bond donors (Lipinski definition) is 2. The first-order valence-corrected chi connectivity index (χ1v) is 14.1. The fraction of sp³-hybridized carbons (Fsp3) is 0.444. The van der Waals surface area contributed by atoms with E-state index in [-0.39, 0.29) is 28.4 Å². The predicted molar refractivity (Wildman–Crippen MR) is 147 cm³/mol.